The fraction of sp³-hybridized carbons (Fsp3) is 0.667. The Hall–Kier alpha value is -1.22. The highest BCUT2D eigenvalue weighted by Crippen LogP contribution is 2.66. The van der Waals surface area contributed by atoms with Gasteiger partial charge in [-0.1, -0.05) is 0 Å². The Morgan fingerprint density at radius 1 is 1.14 bits per heavy atom. The summed E-state index contributed by atoms with van der Waals surface area (Å²) < 4.78 is 11.2. The molecule has 1 aliphatic heterocycles. The molecule has 4 aliphatic rings. The maximum Gasteiger partial charge on any atom is 0.124 e. The summed E-state index contributed by atoms with van der Waals surface area (Å²) in [5.41, 5.74) is 1.29. The highest BCUT2D eigenvalue weighted by Gasteiger charge is 2.65. The minimum Gasteiger partial charge on any atom is -0.497 e. The van der Waals surface area contributed by atoms with Crippen molar-refractivity contribution in [3.8, 4) is 11.5 Å². The highest BCUT2D eigenvalue weighted by atomic mass is 16.5. The minimum absolute atomic E-state index is 0.443. The van der Waals surface area contributed by atoms with E-state index in [1.807, 2.05) is 6.07 Å². The van der Waals surface area contributed by atoms with Crippen molar-refractivity contribution >= 4 is 0 Å². The number of hydrogen-bond donors (Lipinski definition) is 1. The topological polar surface area (TPSA) is 30.5 Å². The van der Waals surface area contributed by atoms with Crippen molar-refractivity contribution in [2.45, 2.75) is 37.8 Å². The Labute approximate surface area is 126 Å². The number of hydrogen-bond acceptors (Lipinski definition) is 3. The molecule has 0 saturated heterocycles. The molecule has 3 fully saturated rings. The van der Waals surface area contributed by atoms with Crippen LogP contribution in [0.1, 0.15) is 37.3 Å². The summed E-state index contributed by atoms with van der Waals surface area (Å²) in [4.78, 5) is 0. The summed E-state index contributed by atoms with van der Waals surface area (Å²) in [6, 6.07) is 7.42. The van der Waals surface area contributed by atoms with Gasteiger partial charge >= 0.3 is 0 Å². The molecule has 2 bridgehead atoms. The number of ether oxygens (including phenoxy) is 2. The lowest BCUT2D eigenvalue weighted by molar-refractivity contribution is 0.246. The standard InChI is InChI=1S/C18H23NO2/c1-20-12-4-5-15-13(9-12)14(6-7-21-15)19-18-16-10-2-3-11(8-10)17(16)18/h4-5,9-11,14,16-19H,2-3,6-8H2,1H3. The van der Waals surface area contributed by atoms with Gasteiger partial charge in [0.15, 0.2) is 0 Å². The number of benzene rings is 1. The van der Waals surface area contributed by atoms with E-state index >= 15 is 0 Å². The highest BCUT2D eigenvalue weighted by molar-refractivity contribution is 5.43. The lowest BCUT2D eigenvalue weighted by atomic mass is 9.98. The average Bonchev–Trinajstić information content (AvgIpc) is 2.92. The van der Waals surface area contributed by atoms with E-state index in [4.69, 9.17) is 9.47 Å². The Kier molecular flexibility index (Phi) is 2.58. The van der Waals surface area contributed by atoms with Crippen LogP contribution in [0.25, 0.3) is 0 Å². The molecule has 3 saturated carbocycles. The van der Waals surface area contributed by atoms with Crippen LogP contribution in [0.15, 0.2) is 18.2 Å². The van der Waals surface area contributed by atoms with E-state index in [-0.39, 0.29) is 0 Å². The van der Waals surface area contributed by atoms with Crippen molar-refractivity contribution in [2.24, 2.45) is 23.7 Å². The van der Waals surface area contributed by atoms with Gasteiger partial charge < -0.3 is 14.8 Å². The normalized spacial score (nSPS) is 42.1. The van der Waals surface area contributed by atoms with Crippen LogP contribution in [-0.2, 0) is 0 Å². The zero-order chi connectivity index (χ0) is 14.0. The maximum atomic E-state index is 5.81. The van der Waals surface area contributed by atoms with Crippen LogP contribution in [0, 0.1) is 23.7 Å². The van der Waals surface area contributed by atoms with Gasteiger partial charge in [-0.05, 0) is 61.1 Å². The number of methoxy groups -OCH3 is 1. The number of rotatable bonds is 3. The quantitative estimate of drug-likeness (QED) is 0.925. The summed E-state index contributed by atoms with van der Waals surface area (Å²) in [5.74, 6) is 6.00. The molecule has 5 rings (SSSR count). The second-order valence-electron chi connectivity index (χ2n) is 7.27. The second kappa shape index (κ2) is 4.39. The van der Waals surface area contributed by atoms with Gasteiger partial charge in [-0.25, -0.2) is 0 Å². The molecular formula is C18H23NO2. The predicted molar refractivity (Wildman–Crippen MR) is 80.6 cm³/mol. The van der Waals surface area contributed by atoms with Gasteiger partial charge in [0.1, 0.15) is 11.5 Å². The molecule has 1 aromatic rings. The first-order valence-electron chi connectivity index (χ1n) is 8.42. The summed E-state index contributed by atoms with van der Waals surface area (Å²) in [6.07, 6.45) is 5.57. The van der Waals surface area contributed by atoms with Gasteiger partial charge in [0.2, 0.25) is 0 Å². The summed E-state index contributed by atoms with van der Waals surface area (Å²) >= 11 is 0. The fourth-order valence-electron chi connectivity index (χ4n) is 5.45. The second-order valence-corrected chi connectivity index (χ2v) is 7.27. The van der Waals surface area contributed by atoms with Gasteiger partial charge in [0, 0.05) is 24.1 Å². The van der Waals surface area contributed by atoms with Crippen LogP contribution in [-0.4, -0.2) is 19.8 Å². The third-order valence-corrected chi connectivity index (χ3v) is 6.39. The molecule has 1 aromatic carbocycles. The molecular weight excluding hydrogens is 262 g/mol. The minimum atomic E-state index is 0.443. The largest absolute Gasteiger partial charge is 0.497 e. The van der Waals surface area contributed by atoms with E-state index in [0.717, 1.165) is 54.2 Å². The number of fused-ring (bicyclic) bond motifs is 6. The molecule has 21 heavy (non-hydrogen) atoms. The summed E-state index contributed by atoms with van der Waals surface area (Å²) in [5, 5.41) is 3.97. The van der Waals surface area contributed by atoms with Crippen LogP contribution in [0.2, 0.25) is 0 Å². The SMILES string of the molecule is COc1ccc2c(c1)C(NC1C3C4CCC(C4)C13)CCO2. The molecule has 0 amide bonds. The van der Waals surface area contributed by atoms with Gasteiger partial charge in [-0.2, -0.15) is 0 Å². The smallest absolute Gasteiger partial charge is 0.124 e. The average molecular weight is 285 g/mol. The zero-order valence-corrected chi connectivity index (χ0v) is 12.5. The van der Waals surface area contributed by atoms with Crippen LogP contribution in [0.5, 0.6) is 11.5 Å². The molecule has 3 nitrogen and oxygen atoms in total. The van der Waals surface area contributed by atoms with E-state index in [1.165, 1.54) is 24.8 Å². The van der Waals surface area contributed by atoms with Crippen molar-refractivity contribution < 1.29 is 9.47 Å². The first kappa shape index (κ1) is 12.3. The molecule has 112 valence electrons. The molecule has 0 spiro atoms. The van der Waals surface area contributed by atoms with Gasteiger partial charge in [0.25, 0.3) is 0 Å². The first-order valence-corrected chi connectivity index (χ1v) is 8.42. The monoisotopic (exact) mass is 285 g/mol. The van der Waals surface area contributed by atoms with Crippen molar-refractivity contribution in [1.82, 2.24) is 5.32 Å². The molecule has 5 unspecified atom stereocenters. The Morgan fingerprint density at radius 3 is 2.71 bits per heavy atom. The molecule has 1 N–H and O–H groups in total. The maximum absolute atomic E-state index is 5.81. The molecule has 0 radical (unpaired) electrons. The van der Waals surface area contributed by atoms with Crippen molar-refractivity contribution in [3.63, 3.8) is 0 Å². The lowest BCUT2D eigenvalue weighted by Gasteiger charge is -2.28. The van der Waals surface area contributed by atoms with Gasteiger partial charge in [-0.3, -0.25) is 0 Å². The third-order valence-electron chi connectivity index (χ3n) is 6.39. The lowest BCUT2D eigenvalue weighted by Crippen LogP contribution is -2.31. The summed E-state index contributed by atoms with van der Waals surface area (Å²) in [7, 11) is 1.73. The van der Waals surface area contributed by atoms with Crippen molar-refractivity contribution in [3.05, 3.63) is 23.8 Å². The Bertz CT molecular complexity index is 556. The third kappa shape index (κ3) is 1.76. The first-order chi connectivity index (χ1) is 10.3. The van der Waals surface area contributed by atoms with Crippen molar-refractivity contribution in [2.75, 3.05) is 13.7 Å². The van der Waals surface area contributed by atoms with E-state index in [1.54, 1.807) is 7.11 Å². The Morgan fingerprint density at radius 2 is 1.95 bits per heavy atom. The van der Waals surface area contributed by atoms with Gasteiger partial charge in [0.05, 0.1) is 13.7 Å². The predicted octanol–water partition coefficient (Wildman–Crippen LogP) is 3.15. The molecule has 1 heterocycles. The molecule has 3 heteroatoms. The Balaban J connectivity index is 1.37. The van der Waals surface area contributed by atoms with E-state index in [0.29, 0.717) is 6.04 Å². The van der Waals surface area contributed by atoms with Crippen molar-refractivity contribution in [1.29, 1.82) is 0 Å². The van der Waals surface area contributed by atoms with Gasteiger partial charge in [-0.15, -0.1) is 0 Å². The molecule has 5 atom stereocenters. The van der Waals surface area contributed by atoms with E-state index in [2.05, 4.69) is 17.4 Å². The van der Waals surface area contributed by atoms with Crippen LogP contribution < -0.4 is 14.8 Å². The van der Waals surface area contributed by atoms with Crippen LogP contribution >= 0.6 is 0 Å². The molecule has 3 aliphatic carbocycles. The molecule has 0 aromatic heterocycles. The fourth-order valence-corrected chi connectivity index (χ4v) is 5.45. The van der Waals surface area contributed by atoms with E-state index in [9.17, 15) is 0 Å². The van der Waals surface area contributed by atoms with Crippen LogP contribution in [0.4, 0.5) is 0 Å². The summed E-state index contributed by atoms with van der Waals surface area (Å²) in [6.45, 7) is 0.825. The number of nitrogens with one attached hydrogen (secondary N) is 1. The van der Waals surface area contributed by atoms with E-state index < -0.39 is 0 Å². The zero-order valence-electron chi connectivity index (χ0n) is 12.5. The van der Waals surface area contributed by atoms with Crippen LogP contribution in [0.3, 0.4) is 0 Å².